The molecule has 2 aromatic carbocycles. The van der Waals surface area contributed by atoms with Gasteiger partial charge in [0.2, 0.25) is 5.91 Å². The number of fused-ring (bicyclic) bond motifs is 1. The Morgan fingerprint density at radius 3 is 2.54 bits per heavy atom. The SMILES string of the molecule is Cc1ccccc1CN(C)C(=O)CCn1c(=O)[nH]c(=O)c2ccccc21. The number of carbonyl (C=O) groups is 1. The average molecular weight is 351 g/mol. The topological polar surface area (TPSA) is 75.2 Å². The molecule has 6 heteroatoms. The summed E-state index contributed by atoms with van der Waals surface area (Å²) in [5.74, 6) is -0.0598. The fourth-order valence-corrected chi connectivity index (χ4v) is 2.99. The lowest BCUT2D eigenvalue weighted by Gasteiger charge is -2.19. The van der Waals surface area contributed by atoms with Crippen molar-refractivity contribution >= 4 is 16.8 Å². The molecule has 1 heterocycles. The summed E-state index contributed by atoms with van der Waals surface area (Å²) in [6.07, 6.45) is 0.179. The second kappa shape index (κ2) is 7.39. The van der Waals surface area contributed by atoms with Crippen LogP contribution in [0.3, 0.4) is 0 Å². The Bertz CT molecular complexity index is 1070. The number of hydrogen-bond acceptors (Lipinski definition) is 3. The predicted molar refractivity (Wildman–Crippen MR) is 101 cm³/mol. The van der Waals surface area contributed by atoms with Crippen LogP contribution < -0.4 is 11.2 Å². The summed E-state index contributed by atoms with van der Waals surface area (Å²) in [5, 5.41) is 0.438. The monoisotopic (exact) mass is 351 g/mol. The molecule has 1 N–H and O–H groups in total. The molecular weight excluding hydrogens is 330 g/mol. The molecule has 0 aliphatic rings. The molecule has 0 radical (unpaired) electrons. The third-order valence-electron chi connectivity index (χ3n) is 4.55. The van der Waals surface area contributed by atoms with Crippen molar-refractivity contribution in [3.63, 3.8) is 0 Å². The van der Waals surface area contributed by atoms with Crippen LogP contribution in [0.1, 0.15) is 17.5 Å². The van der Waals surface area contributed by atoms with Crippen molar-refractivity contribution in [2.75, 3.05) is 7.05 Å². The Kier molecular flexibility index (Phi) is 5.02. The highest BCUT2D eigenvalue weighted by Crippen LogP contribution is 2.11. The van der Waals surface area contributed by atoms with Crippen molar-refractivity contribution < 1.29 is 4.79 Å². The zero-order valence-corrected chi connectivity index (χ0v) is 14.9. The van der Waals surface area contributed by atoms with Crippen LogP contribution in [-0.4, -0.2) is 27.4 Å². The summed E-state index contributed by atoms with van der Waals surface area (Å²) in [4.78, 5) is 40.5. The molecule has 0 fully saturated rings. The summed E-state index contributed by atoms with van der Waals surface area (Å²) < 4.78 is 1.44. The highest BCUT2D eigenvalue weighted by atomic mass is 16.2. The van der Waals surface area contributed by atoms with Gasteiger partial charge >= 0.3 is 5.69 Å². The predicted octanol–water partition coefficient (Wildman–Crippen LogP) is 2.05. The van der Waals surface area contributed by atoms with Crippen LogP contribution >= 0.6 is 0 Å². The first-order valence-electron chi connectivity index (χ1n) is 8.47. The van der Waals surface area contributed by atoms with Crippen molar-refractivity contribution in [1.82, 2.24) is 14.5 Å². The van der Waals surface area contributed by atoms with E-state index < -0.39 is 11.2 Å². The molecule has 134 valence electrons. The molecule has 0 saturated heterocycles. The standard InChI is InChI=1S/C20H21N3O3/c1-14-7-3-4-8-15(14)13-22(2)18(24)11-12-23-17-10-6-5-9-16(17)19(25)21-20(23)26/h3-10H,11-13H2,1-2H3,(H,21,25,26). The van der Waals surface area contributed by atoms with Crippen LogP contribution in [-0.2, 0) is 17.9 Å². The number of hydrogen-bond donors (Lipinski definition) is 1. The molecule has 0 atom stereocenters. The molecule has 6 nitrogen and oxygen atoms in total. The van der Waals surface area contributed by atoms with Gasteiger partial charge in [0.15, 0.2) is 0 Å². The van der Waals surface area contributed by atoms with Gasteiger partial charge in [0.1, 0.15) is 0 Å². The summed E-state index contributed by atoms with van der Waals surface area (Å²) >= 11 is 0. The van der Waals surface area contributed by atoms with Crippen LogP contribution in [0.2, 0.25) is 0 Å². The highest BCUT2D eigenvalue weighted by molar-refractivity contribution is 5.78. The summed E-state index contributed by atoms with van der Waals surface area (Å²) in [7, 11) is 1.75. The van der Waals surface area contributed by atoms with Crippen molar-refractivity contribution in [2.45, 2.75) is 26.4 Å². The number of aromatic amines is 1. The van der Waals surface area contributed by atoms with Gasteiger partial charge in [-0.25, -0.2) is 4.79 Å². The van der Waals surface area contributed by atoms with E-state index in [2.05, 4.69) is 4.98 Å². The van der Waals surface area contributed by atoms with E-state index >= 15 is 0 Å². The number of carbonyl (C=O) groups excluding carboxylic acids is 1. The number of benzene rings is 2. The molecule has 0 spiro atoms. The van der Waals surface area contributed by atoms with E-state index in [4.69, 9.17) is 0 Å². The number of para-hydroxylation sites is 1. The fraction of sp³-hybridized carbons (Fsp3) is 0.250. The number of aromatic nitrogens is 2. The zero-order chi connectivity index (χ0) is 18.7. The van der Waals surface area contributed by atoms with Gasteiger partial charge in [-0.3, -0.25) is 19.1 Å². The smallest absolute Gasteiger partial charge is 0.328 e. The Labute approximate surface area is 150 Å². The van der Waals surface area contributed by atoms with Gasteiger partial charge in [-0.05, 0) is 30.2 Å². The maximum atomic E-state index is 12.5. The van der Waals surface area contributed by atoms with Gasteiger partial charge in [0.25, 0.3) is 5.56 Å². The molecule has 0 unspecified atom stereocenters. The van der Waals surface area contributed by atoms with Crippen LogP contribution in [0.15, 0.2) is 58.1 Å². The normalized spacial score (nSPS) is 10.8. The van der Waals surface area contributed by atoms with E-state index in [9.17, 15) is 14.4 Å². The van der Waals surface area contributed by atoms with E-state index in [0.717, 1.165) is 11.1 Å². The van der Waals surface area contributed by atoms with Crippen LogP contribution in [0.25, 0.3) is 10.9 Å². The van der Waals surface area contributed by atoms with Crippen LogP contribution in [0.4, 0.5) is 0 Å². The first-order chi connectivity index (χ1) is 12.5. The second-order valence-corrected chi connectivity index (χ2v) is 6.35. The molecule has 0 saturated carbocycles. The lowest BCUT2D eigenvalue weighted by Crippen LogP contribution is -2.33. The van der Waals surface area contributed by atoms with Crippen molar-refractivity contribution in [2.24, 2.45) is 0 Å². The summed E-state index contributed by atoms with van der Waals surface area (Å²) in [6.45, 7) is 2.75. The van der Waals surface area contributed by atoms with Crippen molar-refractivity contribution in [1.29, 1.82) is 0 Å². The van der Waals surface area contributed by atoms with E-state index in [1.165, 1.54) is 4.57 Å². The van der Waals surface area contributed by atoms with Gasteiger partial charge in [-0.2, -0.15) is 0 Å². The van der Waals surface area contributed by atoms with E-state index in [0.29, 0.717) is 17.4 Å². The number of amides is 1. The molecule has 3 aromatic rings. The lowest BCUT2D eigenvalue weighted by molar-refractivity contribution is -0.130. The average Bonchev–Trinajstić information content (AvgIpc) is 2.63. The molecule has 0 bridgehead atoms. The molecule has 26 heavy (non-hydrogen) atoms. The molecule has 3 rings (SSSR count). The van der Waals surface area contributed by atoms with E-state index in [1.54, 1.807) is 36.2 Å². The van der Waals surface area contributed by atoms with Crippen LogP contribution in [0, 0.1) is 6.92 Å². The van der Waals surface area contributed by atoms with Gasteiger partial charge in [-0.1, -0.05) is 36.4 Å². The third-order valence-corrected chi connectivity index (χ3v) is 4.55. The first kappa shape index (κ1) is 17.7. The Balaban J connectivity index is 1.76. The van der Waals surface area contributed by atoms with Crippen LogP contribution in [0.5, 0.6) is 0 Å². The largest absolute Gasteiger partial charge is 0.341 e. The maximum absolute atomic E-state index is 12.5. The number of nitrogens with one attached hydrogen (secondary N) is 1. The lowest BCUT2D eigenvalue weighted by atomic mass is 10.1. The number of rotatable bonds is 5. The fourth-order valence-electron chi connectivity index (χ4n) is 2.99. The Hall–Kier alpha value is -3.15. The van der Waals surface area contributed by atoms with Gasteiger partial charge in [0.05, 0.1) is 10.9 Å². The number of aryl methyl sites for hydroxylation is 2. The maximum Gasteiger partial charge on any atom is 0.328 e. The zero-order valence-electron chi connectivity index (χ0n) is 14.9. The minimum absolute atomic E-state index is 0.0598. The molecular formula is C20H21N3O3. The van der Waals surface area contributed by atoms with Crippen molar-refractivity contribution in [3.05, 3.63) is 80.5 Å². The van der Waals surface area contributed by atoms with E-state index in [1.807, 2.05) is 31.2 Å². The minimum atomic E-state index is -0.497. The Morgan fingerprint density at radius 2 is 1.77 bits per heavy atom. The quantitative estimate of drug-likeness (QED) is 0.764. The first-order valence-corrected chi connectivity index (χ1v) is 8.47. The number of nitrogens with zero attached hydrogens (tertiary/aromatic N) is 2. The molecule has 1 amide bonds. The van der Waals surface area contributed by atoms with E-state index in [-0.39, 0.29) is 18.9 Å². The minimum Gasteiger partial charge on any atom is -0.341 e. The summed E-state index contributed by atoms with van der Waals surface area (Å²) in [5.41, 5.74) is 1.86. The summed E-state index contributed by atoms with van der Waals surface area (Å²) in [6, 6.07) is 14.8. The third kappa shape index (κ3) is 3.59. The van der Waals surface area contributed by atoms with Crippen molar-refractivity contribution in [3.8, 4) is 0 Å². The van der Waals surface area contributed by atoms with Gasteiger partial charge < -0.3 is 4.90 Å². The van der Waals surface area contributed by atoms with Gasteiger partial charge in [-0.15, -0.1) is 0 Å². The molecule has 0 aliphatic carbocycles. The molecule has 0 aliphatic heterocycles. The Morgan fingerprint density at radius 1 is 1.08 bits per heavy atom. The highest BCUT2D eigenvalue weighted by Gasteiger charge is 2.13. The second-order valence-electron chi connectivity index (χ2n) is 6.35. The van der Waals surface area contributed by atoms with Gasteiger partial charge in [0, 0.05) is 26.6 Å². The number of H-pyrrole nitrogens is 1. The molecule has 1 aromatic heterocycles.